The molecule has 2 rings (SSSR count). The average Bonchev–Trinajstić information content (AvgIpc) is 2.72. The molecular formula is C14H18N2S. The van der Waals surface area contributed by atoms with E-state index in [1.165, 1.54) is 21.0 Å². The Labute approximate surface area is 107 Å². The van der Waals surface area contributed by atoms with Gasteiger partial charge in [-0.3, -0.25) is 0 Å². The predicted molar refractivity (Wildman–Crippen MR) is 74.3 cm³/mol. The Balaban J connectivity index is 2.45. The summed E-state index contributed by atoms with van der Waals surface area (Å²) < 4.78 is 0. The molecule has 0 aliphatic rings. The van der Waals surface area contributed by atoms with Crippen molar-refractivity contribution in [3.05, 3.63) is 40.5 Å². The van der Waals surface area contributed by atoms with E-state index in [9.17, 15) is 0 Å². The van der Waals surface area contributed by atoms with E-state index in [2.05, 4.69) is 50.0 Å². The van der Waals surface area contributed by atoms with Crippen LogP contribution >= 0.6 is 11.3 Å². The molecule has 3 heteroatoms. The highest BCUT2D eigenvalue weighted by atomic mass is 32.1. The summed E-state index contributed by atoms with van der Waals surface area (Å²) in [5, 5.41) is 1.20. The zero-order valence-electron chi connectivity index (χ0n) is 10.5. The van der Waals surface area contributed by atoms with E-state index in [1.807, 2.05) is 0 Å². The van der Waals surface area contributed by atoms with Gasteiger partial charge in [0.25, 0.3) is 0 Å². The number of aromatic nitrogens is 1. The monoisotopic (exact) mass is 246 g/mol. The molecule has 90 valence electrons. The molecule has 0 saturated carbocycles. The largest absolute Gasteiger partial charge is 0.326 e. The fourth-order valence-corrected chi connectivity index (χ4v) is 2.84. The van der Waals surface area contributed by atoms with E-state index < -0.39 is 0 Å². The van der Waals surface area contributed by atoms with E-state index in [-0.39, 0.29) is 0 Å². The van der Waals surface area contributed by atoms with Gasteiger partial charge in [0.1, 0.15) is 0 Å². The van der Waals surface area contributed by atoms with E-state index >= 15 is 0 Å². The van der Waals surface area contributed by atoms with Crippen LogP contribution in [0.4, 0.5) is 0 Å². The molecule has 0 atom stereocenters. The van der Waals surface area contributed by atoms with Gasteiger partial charge in [-0.05, 0) is 24.1 Å². The Morgan fingerprint density at radius 3 is 2.71 bits per heavy atom. The van der Waals surface area contributed by atoms with Crippen LogP contribution in [0, 0.1) is 6.92 Å². The first-order valence-electron chi connectivity index (χ1n) is 5.88. The van der Waals surface area contributed by atoms with Crippen LogP contribution in [-0.2, 0) is 6.54 Å². The van der Waals surface area contributed by atoms with Crippen LogP contribution in [0.15, 0.2) is 24.3 Å². The third kappa shape index (κ3) is 2.56. The molecule has 2 aromatic rings. The molecule has 0 saturated heterocycles. The zero-order chi connectivity index (χ0) is 12.4. The molecule has 0 aliphatic carbocycles. The molecular weight excluding hydrogens is 228 g/mol. The normalized spacial score (nSPS) is 11.1. The summed E-state index contributed by atoms with van der Waals surface area (Å²) >= 11 is 1.79. The van der Waals surface area contributed by atoms with Crippen molar-refractivity contribution in [3.63, 3.8) is 0 Å². The van der Waals surface area contributed by atoms with Crippen LogP contribution in [0.25, 0.3) is 10.4 Å². The molecule has 0 radical (unpaired) electrons. The lowest BCUT2D eigenvalue weighted by atomic mass is 10.1. The van der Waals surface area contributed by atoms with Crippen molar-refractivity contribution < 1.29 is 0 Å². The molecule has 1 aromatic carbocycles. The van der Waals surface area contributed by atoms with E-state index in [1.54, 1.807) is 11.3 Å². The number of rotatable bonds is 3. The summed E-state index contributed by atoms with van der Waals surface area (Å²) in [6.45, 7) is 7.02. The van der Waals surface area contributed by atoms with Crippen molar-refractivity contribution >= 4 is 11.3 Å². The molecule has 0 unspecified atom stereocenters. The quantitative estimate of drug-likeness (QED) is 0.896. The Kier molecular flexibility index (Phi) is 3.60. The van der Waals surface area contributed by atoms with Crippen molar-refractivity contribution in [2.45, 2.75) is 33.2 Å². The number of hydrogen-bond acceptors (Lipinski definition) is 3. The summed E-state index contributed by atoms with van der Waals surface area (Å²) in [7, 11) is 0. The maximum Gasteiger partial charge on any atom is 0.0959 e. The molecule has 2 nitrogen and oxygen atoms in total. The molecule has 2 N–H and O–H groups in total. The maximum atomic E-state index is 5.68. The molecule has 0 spiro atoms. The van der Waals surface area contributed by atoms with Gasteiger partial charge in [0.2, 0.25) is 0 Å². The standard InChI is InChI=1S/C14H18N2S/c1-9(2)14-16-10(3)13(17-14)12-6-4-5-11(7-12)8-15/h4-7,9H,8,15H2,1-3H3. The maximum absolute atomic E-state index is 5.68. The molecule has 0 fully saturated rings. The van der Waals surface area contributed by atoms with Crippen LogP contribution in [-0.4, -0.2) is 4.98 Å². The second-order valence-corrected chi connectivity index (χ2v) is 5.56. The van der Waals surface area contributed by atoms with Gasteiger partial charge in [-0.1, -0.05) is 32.0 Å². The average molecular weight is 246 g/mol. The Morgan fingerprint density at radius 1 is 1.35 bits per heavy atom. The highest BCUT2D eigenvalue weighted by Crippen LogP contribution is 2.33. The summed E-state index contributed by atoms with van der Waals surface area (Å²) in [4.78, 5) is 5.90. The minimum Gasteiger partial charge on any atom is -0.326 e. The number of nitrogens with zero attached hydrogens (tertiary/aromatic N) is 1. The third-order valence-electron chi connectivity index (χ3n) is 2.73. The molecule has 0 aliphatic heterocycles. The number of hydrogen-bond donors (Lipinski definition) is 1. The SMILES string of the molecule is Cc1nc(C(C)C)sc1-c1cccc(CN)c1. The molecule has 1 aromatic heterocycles. The first-order chi connectivity index (χ1) is 8.11. The highest BCUT2D eigenvalue weighted by molar-refractivity contribution is 7.15. The topological polar surface area (TPSA) is 38.9 Å². The third-order valence-corrected chi connectivity index (χ3v) is 4.24. The van der Waals surface area contributed by atoms with Crippen LogP contribution < -0.4 is 5.73 Å². The second kappa shape index (κ2) is 4.98. The van der Waals surface area contributed by atoms with Crippen LogP contribution in [0.5, 0.6) is 0 Å². The lowest BCUT2D eigenvalue weighted by Gasteiger charge is -2.01. The first kappa shape index (κ1) is 12.3. The highest BCUT2D eigenvalue weighted by Gasteiger charge is 2.12. The van der Waals surface area contributed by atoms with Gasteiger partial charge in [-0.15, -0.1) is 11.3 Å². The fourth-order valence-electron chi connectivity index (χ4n) is 1.77. The molecule has 1 heterocycles. The van der Waals surface area contributed by atoms with Gasteiger partial charge in [-0.2, -0.15) is 0 Å². The second-order valence-electron chi connectivity index (χ2n) is 4.53. The smallest absolute Gasteiger partial charge is 0.0959 e. The lowest BCUT2D eigenvalue weighted by Crippen LogP contribution is -1.95. The number of thiazole rings is 1. The minimum atomic E-state index is 0.491. The van der Waals surface area contributed by atoms with Crippen LogP contribution in [0.2, 0.25) is 0 Å². The summed E-state index contributed by atoms with van der Waals surface area (Å²) in [5.41, 5.74) is 9.19. The summed E-state index contributed by atoms with van der Waals surface area (Å²) in [6.07, 6.45) is 0. The number of nitrogens with two attached hydrogens (primary N) is 1. The number of benzene rings is 1. The first-order valence-corrected chi connectivity index (χ1v) is 6.70. The molecule has 17 heavy (non-hydrogen) atoms. The number of aryl methyl sites for hydroxylation is 1. The zero-order valence-corrected chi connectivity index (χ0v) is 11.3. The van der Waals surface area contributed by atoms with Gasteiger partial charge < -0.3 is 5.73 Å². The Morgan fingerprint density at radius 2 is 2.12 bits per heavy atom. The van der Waals surface area contributed by atoms with Crippen molar-refractivity contribution in [1.29, 1.82) is 0 Å². The van der Waals surface area contributed by atoms with Gasteiger partial charge in [0.15, 0.2) is 0 Å². The van der Waals surface area contributed by atoms with Gasteiger partial charge in [-0.25, -0.2) is 4.98 Å². The van der Waals surface area contributed by atoms with Crippen LogP contribution in [0.1, 0.15) is 36.0 Å². The molecule has 0 bridgehead atoms. The van der Waals surface area contributed by atoms with Gasteiger partial charge >= 0.3 is 0 Å². The Bertz CT molecular complexity index is 515. The van der Waals surface area contributed by atoms with Gasteiger partial charge in [0, 0.05) is 12.5 Å². The van der Waals surface area contributed by atoms with Crippen molar-refractivity contribution in [3.8, 4) is 10.4 Å². The van der Waals surface area contributed by atoms with Crippen molar-refractivity contribution in [2.75, 3.05) is 0 Å². The van der Waals surface area contributed by atoms with Crippen LogP contribution in [0.3, 0.4) is 0 Å². The molecule has 0 amide bonds. The lowest BCUT2D eigenvalue weighted by molar-refractivity contribution is 0.847. The summed E-state index contributed by atoms with van der Waals surface area (Å²) in [5.74, 6) is 0.491. The fraction of sp³-hybridized carbons (Fsp3) is 0.357. The van der Waals surface area contributed by atoms with Gasteiger partial charge in [0.05, 0.1) is 15.6 Å². The van der Waals surface area contributed by atoms with Crippen molar-refractivity contribution in [1.82, 2.24) is 4.98 Å². The van der Waals surface area contributed by atoms with E-state index in [0.717, 1.165) is 5.69 Å². The Hall–Kier alpha value is -1.19. The van der Waals surface area contributed by atoms with E-state index in [0.29, 0.717) is 12.5 Å². The summed E-state index contributed by atoms with van der Waals surface area (Å²) in [6, 6.07) is 8.41. The van der Waals surface area contributed by atoms with E-state index in [4.69, 9.17) is 5.73 Å². The predicted octanol–water partition coefficient (Wildman–Crippen LogP) is 3.70. The van der Waals surface area contributed by atoms with Crippen molar-refractivity contribution in [2.24, 2.45) is 5.73 Å². The minimum absolute atomic E-state index is 0.491.